The molecule has 0 amide bonds. The lowest BCUT2D eigenvalue weighted by Crippen LogP contribution is -2.23. The van der Waals surface area contributed by atoms with Crippen molar-refractivity contribution in [3.05, 3.63) is 54.0 Å². The van der Waals surface area contributed by atoms with E-state index in [9.17, 15) is 5.11 Å². The Bertz CT molecular complexity index is 570. The first kappa shape index (κ1) is 17.5. The Morgan fingerprint density at radius 2 is 2.19 bits per heavy atom. The van der Waals surface area contributed by atoms with Crippen LogP contribution in [0.4, 0.5) is 5.69 Å². The van der Waals surface area contributed by atoms with Crippen LogP contribution in [0.1, 0.15) is 24.4 Å². The van der Waals surface area contributed by atoms with Crippen molar-refractivity contribution in [2.75, 3.05) is 11.9 Å². The van der Waals surface area contributed by atoms with Crippen LogP contribution in [0, 0.1) is 0 Å². The summed E-state index contributed by atoms with van der Waals surface area (Å²) in [5, 5.41) is 12.8. The number of aliphatic imine (C=N–C) groups is 1. The maximum atomic E-state index is 9.82. The second-order valence-electron chi connectivity index (χ2n) is 4.44. The summed E-state index contributed by atoms with van der Waals surface area (Å²) in [4.78, 5) is 4.10. The highest BCUT2D eigenvalue weighted by molar-refractivity contribution is 14.0. The molecule has 21 heavy (non-hydrogen) atoms. The van der Waals surface area contributed by atoms with Crippen molar-refractivity contribution in [2.45, 2.75) is 19.4 Å². The molecule has 0 fully saturated rings. The van der Waals surface area contributed by atoms with Crippen molar-refractivity contribution in [3.63, 3.8) is 0 Å². The summed E-state index contributed by atoms with van der Waals surface area (Å²) in [6.45, 7) is 2.25. The van der Waals surface area contributed by atoms with Crippen molar-refractivity contribution in [1.29, 1.82) is 0 Å². The average molecular weight is 401 g/mol. The fourth-order valence-corrected chi connectivity index (χ4v) is 1.81. The molecule has 0 spiro atoms. The van der Waals surface area contributed by atoms with Crippen LogP contribution in [0.25, 0.3) is 0 Å². The van der Waals surface area contributed by atoms with E-state index in [4.69, 9.17) is 10.2 Å². The van der Waals surface area contributed by atoms with Gasteiger partial charge in [0.05, 0.1) is 12.8 Å². The summed E-state index contributed by atoms with van der Waals surface area (Å²) < 4.78 is 5.10. The van der Waals surface area contributed by atoms with Crippen molar-refractivity contribution in [3.8, 4) is 0 Å². The zero-order valence-electron chi connectivity index (χ0n) is 11.8. The quantitative estimate of drug-likeness (QED) is 0.409. The number of benzene rings is 1. The Labute approximate surface area is 141 Å². The lowest BCUT2D eigenvalue weighted by Gasteiger charge is -2.08. The molecule has 0 saturated heterocycles. The number of nitrogens with one attached hydrogen (secondary N) is 1. The van der Waals surface area contributed by atoms with Crippen molar-refractivity contribution >= 4 is 35.6 Å². The molecule has 4 N–H and O–H groups in total. The van der Waals surface area contributed by atoms with Gasteiger partial charge in [0.2, 0.25) is 0 Å². The number of guanidine groups is 1. The van der Waals surface area contributed by atoms with E-state index < -0.39 is 6.10 Å². The standard InChI is InChI=1S/C15H19N3O2.HI/c1-2-11-5-3-6-12(9-11)18-15(16)17-10-13(19)14-7-4-8-20-14;/h3-9,13,19H,2,10H2,1H3,(H3,16,17,18);1H. The van der Waals surface area contributed by atoms with Gasteiger partial charge in [-0.15, -0.1) is 24.0 Å². The summed E-state index contributed by atoms with van der Waals surface area (Å²) in [6, 6.07) is 11.4. The lowest BCUT2D eigenvalue weighted by atomic mass is 10.1. The highest BCUT2D eigenvalue weighted by atomic mass is 127. The first-order chi connectivity index (χ1) is 9.69. The molecule has 2 rings (SSSR count). The molecule has 1 heterocycles. The van der Waals surface area contributed by atoms with Gasteiger partial charge < -0.3 is 20.6 Å². The summed E-state index contributed by atoms with van der Waals surface area (Å²) >= 11 is 0. The molecule has 1 aromatic carbocycles. The number of hydrogen-bond donors (Lipinski definition) is 3. The number of nitrogens with zero attached hydrogens (tertiary/aromatic N) is 1. The molecule has 2 aromatic rings. The maximum Gasteiger partial charge on any atom is 0.193 e. The van der Waals surface area contributed by atoms with Gasteiger partial charge in [0.15, 0.2) is 5.96 Å². The number of aryl methyl sites for hydroxylation is 1. The molecule has 0 radical (unpaired) electrons. The molecule has 0 aliphatic heterocycles. The van der Waals surface area contributed by atoms with Crippen LogP contribution in [-0.4, -0.2) is 17.6 Å². The lowest BCUT2D eigenvalue weighted by molar-refractivity contribution is 0.158. The smallest absolute Gasteiger partial charge is 0.193 e. The molecule has 6 heteroatoms. The Hall–Kier alpha value is -1.54. The predicted molar refractivity (Wildman–Crippen MR) is 95.0 cm³/mol. The molecular formula is C15H20IN3O2. The number of anilines is 1. The van der Waals surface area contributed by atoms with Crippen molar-refractivity contribution in [2.24, 2.45) is 10.7 Å². The number of hydrogen-bond acceptors (Lipinski definition) is 3. The van der Waals surface area contributed by atoms with Gasteiger partial charge in [-0.1, -0.05) is 19.1 Å². The second kappa shape index (κ2) is 8.68. The van der Waals surface area contributed by atoms with E-state index in [1.54, 1.807) is 12.1 Å². The predicted octanol–water partition coefficient (Wildman–Crippen LogP) is 2.92. The third kappa shape index (κ3) is 5.39. The van der Waals surface area contributed by atoms with Crippen molar-refractivity contribution < 1.29 is 9.52 Å². The van der Waals surface area contributed by atoms with Crippen molar-refractivity contribution in [1.82, 2.24) is 0 Å². The third-order valence-electron chi connectivity index (χ3n) is 2.91. The van der Waals surface area contributed by atoms with Gasteiger partial charge in [-0.2, -0.15) is 0 Å². The Kier molecular flexibility index (Phi) is 7.24. The molecule has 1 atom stereocenters. The first-order valence-corrected chi connectivity index (χ1v) is 6.56. The summed E-state index contributed by atoms with van der Waals surface area (Å²) in [6.07, 6.45) is 1.69. The minimum Gasteiger partial charge on any atom is -0.467 e. The molecule has 0 saturated carbocycles. The molecule has 1 aromatic heterocycles. The number of nitrogens with two attached hydrogens (primary N) is 1. The van der Waals surface area contributed by atoms with Crippen LogP contribution >= 0.6 is 24.0 Å². The summed E-state index contributed by atoms with van der Waals surface area (Å²) in [7, 11) is 0. The SMILES string of the molecule is CCc1cccc(NC(N)=NCC(O)c2ccco2)c1.I. The first-order valence-electron chi connectivity index (χ1n) is 6.56. The molecule has 114 valence electrons. The molecule has 0 aliphatic rings. The van der Waals surface area contributed by atoms with Crippen LogP contribution in [0.2, 0.25) is 0 Å². The number of rotatable bonds is 5. The van der Waals surface area contributed by atoms with Gasteiger partial charge in [0.25, 0.3) is 0 Å². The normalized spacial score (nSPS) is 12.6. The molecular weight excluding hydrogens is 381 g/mol. The number of halogens is 1. The second-order valence-corrected chi connectivity index (χ2v) is 4.44. The molecule has 0 bridgehead atoms. The summed E-state index contributed by atoms with van der Waals surface area (Å²) in [5.74, 6) is 0.749. The summed E-state index contributed by atoms with van der Waals surface area (Å²) in [5.41, 5.74) is 7.90. The van der Waals surface area contributed by atoms with E-state index in [2.05, 4.69) is 23.3 Å². The van der Waals surface area contributed by atoms with Gasteiger partial charge in [-0.25, -0.2) is 4.99 Å². The highest BCUT2D eigenvalue weighted by Crippen LogP contribution is 2.13. The fourth-order valence-electron chi connectivity index (χ4n) is 1.81. The highest BCUT2D eigenvalue weighted by Gasteiger charge is 2.09. The van der Waals surface area contributed by atoms with E-state index in [0.717, 1.165) is 12.1 Å². The van der Waals surface area contributed by atoms with Gasteiger partial charge in [0.1, 0.15) is 11.9 Å². The van der Waals surface area contributed by atoms with Gasteiger partial charge in [-0.3, -0.25) is 0 Å². The monoisotopic (exact) mass is 401 g/mol. The van der Waals surface area contributed by atoms with E-state index in [1.165, 1.54) is 11.8 Å². The number of aliphatic hydroxyl groups is 1. The van der Waals surface area contributed by atoms with E-state index in [-0.39, 0.29) is 36.5 Å². The zero-order chi connectivity index (χ0) is 14.4. The van der Waals surface area contributed by atoms with E-state index in [1.807, 2.05) is 18.2 Å². The molecule has 1 unspecified atom stereocenters. The Morgan fingerprint density at radius 1 is 1.38 bits per heavy atom. The average Bonchev–Trinajstić information content (AvgIpc) is 2.99. The van der Waals surface area contributed by atoms with Crippen LogP contribution in [0.5, 0.6) is 0 Å². The third-order valence-corrected chi connectivity index (χ3v) is 2.91. The zero-order valence-corrected chi connectivity index (χ0v) is 14.2. The topological polar surface area (TPSA) is 83.8 Å². The van der Waals surface area contributed by atoms with Gasteiger partial charge >= 0.3 is 0 Å². The number of furan rings is 1. The van der Waals surface area contributed by atoms with E-state index in [0.29, 0.717) is 5.76 Å². The molecule has 0 aliphatic carbocycles. The largest absolute Gasteiger partial charge is 0.467 e. The Morgan fingerprint density at radius 3 is 2.86 bits per heavy atom. The van der Waals surface area contributed by atoms with Crippen LogP contribution < -0.4 is 11.1 Å². The Balaban J connectivity index is 0.00000220. The minimum absolute atomic E-state index is 0. The maximum absolute atomic E-state index is 9.82. The van der Waals surface area contributed by atoms with Crippen LogP contribution in [0.3, 0.4) is 0 Å². The van der Waals surface area contributed by atoms with Crippen LogP contribution in [0.15, 0.2) is 52.1 Å². The van der Waals surface area contributed by atoms with Gasteiger partial charge in [0, 0.05) is 5.69 Å². The van der Waals surface area contributed by atoms with Gasteiger partial charge in [-0.05, 0) is 36.2 Å². The number of aliphatic hydroxyl groups excluding tert-OH is 1. The van der Waals surface area contributed by atoms with Crippen LogP contribution in [-0.2, 0) is 6.42 Å². The minimum atomic E-state index is -0.785. The van der Waals surface area contributed by atoms with E-state index >= 15 is 0 Å². The fraction of sp³-hybridized carbons (Fsp3) is 0.267. The molecule has 5 nitrogen and oxygen atoms in total.